The Morgan fingerprint density at radius 3 is 2.43 bits per heavy atom. The zero-order chi connectivity index (χ0) is 20.5. The Balaban J connectivity index is 1.85. The Bertz CT molecular complexity index is 1020. The Hall–Kier alpha value is -2.58. The van der Waals surface area contributed by atoms with Crippen LogP contribution in [-0.4, -0.2) is 34.6 Å². The highest BCUT2D eigenvalue weighted by atomic mass is 32.2. The molecular formula is C20H24N2O5S. The van der Waals surface area contributed by atoms with Gasteiger partial charge in [-0.1, -0.05) is 6.07 Å². The highest BCUT2D eigenvalue weighted by Gasteiger charge is 2.21. The second-order valence-electron chi connectivity index (χ2n) is 6.72. The number of benzene rings is 2. The molecule has 150 valence electrons. The average Bonchev–Trinajstić information content (AvgIpc) is 2.69. The van der Waals surface area contributed by atoms with Crippen molar-refractivity contribution in [2.45, 2.75) is 31.7 Å². The zero-order valence-electron chi connectivity index (χ0n) is 16.3. The van der Waals surface area contributed by atoms with Crippen molar-refractivity contribution in [2.75, 3.05) is 20.3 Å². The van der Waals surface area contributed by atoms with Crippen LogP contribution in [0.4, 0.5) is 0 Å². The van der Waals surface area contributed by atoms with Gasteiger partial charge >= 0.3 is 0 Å². The third-order valence-corrected chi connectivity index (χ3v) is 6.39. The smallest absolute Gasteiger partial charge is 0.251 e. The number of fused-ring (bicyclic) bond motifs is 1. The summed E-state index contributed by atoms with van der Waals surface area (Å²) in [6, 6.07) is 8.33. The predicted octanol–water partition coefficient (Wildman–Crippen LogP) is 2.47. The molecule has 0 fully saturated rings. The summed E-state index contributed by atoms with van der Waals surface area (Å²) in [5, 5.41) is 2.91. The van der Waals surface area contributed by atoms with Crippen LogP contribution in [0.15, 0.2) is 35.2 Å². The van der Waals surface area contributed by atoms with Gasteiger partial charge in [0.15, 0.2) is 11.5 Å². The highest BCUT2D eigenvalue weighted by Crippen LogP contribution is 2.32. The molecule has 2 N–H and O–H groups in total. The van der Waals surface area contributed by atoms with Crippen molar-refractivity contribution >= 4 is 15.9 Å². The summed E-state index contributed by atoms with van der Waals surface area (Å²) >= 11 is 0. The fourth-order valence-electron chi connectivity index (χ4n) is 3.04. The van der Waals surface area contributed by atoms with Crippen LogP contribution in [0.5, 0.6) is 11.5 Å². The van der Waals surface area contributed by atoms with E-state index in [1.807, 2.05) is 25.1 Å². The van der Waals surface area contributed by atoms with E-state index in [4.69, 9.17) is 9.47 Å². The molecule has 0 aromatic heterocycles. The molecule has 2 aromatic carbocycles. The lowest BCUT2D eigenvalue weighted by atomic mass is 10.0. The number of carbonyl (C=O) groups is 1. The predicted molar refractivity (Wildman–Crippen MR) is 105 cm³/mol. The third kappa shape index (κ3) is 3.98. The molecule has 1 aliphatic heterocycles. The standard InChI is InChI=1S/C20H24N2O5S/c1-12-9-16(11-19(13(12)2)28(24,25)21-4)20(23)22-14(3)15-5-6-17-18(10-15)27-8-7-26-17/h5-6,9-11,14,21H,7-8H2,1-4H3,(H,22,23). The Morgan fingerprint density at radius 1 is 1.07 bits per heavy atom. The first-order valence-electron chi connectivity index (χ1n) is 8.98. The van der Waals surface area contributed by atoms with E-state index < -0.39 is 10.0 Å². The minimum absolute atomic E-state index is 0.104. The van der Waals surface area contributed by atoms with Gasteiger partial charge in [-0.15, -0.1) is 0 Å². The lowest BCUT2D eigenvalue weighted by Gasteiger charge is -2.21. The van der Waals surface area contributed by atoms with E-state index in [0.29, 0.717) is 35.8 Å². The number of rotatable bonds is 5. The molecule has 1 heterocycles. The molecule has 0 radical (unpaired) electrons. The third-order valence-electron chi connectivity index (χ3n) is 4.85. The minimum atomic E-state index is -3.66. The van der Waals surface area contributed by atoms with Gasteiger partial charge < -0.3 is 14.8 Å². The van der Waals surface area contributed by atoms with Gasteiger partial charge in [0.2, 0.25) is 10.0 Å². The first kappa shape index (κ1) is 20.2. The van der Waals surface area contributed by atoms with E-state index in [-0.39, 0.29) is 16.8 Å². The number of sulfonamides is 1. The summed E-state index contributed by atoms with van der Waals surface area (Å²) in [7, 11) is -2.31. The van der Waals surface area contributed by atoms with Gasteiger partial charge in [-0.2, -0.15) is 0 Å². The van der Waals surface area contributed by atoms with E-state index in [1.165, 1.54) is 13.1 Å². The molecule has 1 unspecified atom stereocenters. The van der Waals surface area contributed by atoms with Crippen LogP contribution in [0.2, 0.25) is 0 Å². The van der Waals surface area contributed by atoms with Gasteiger partial charge in [-0.25, -0.2) is 13.1 Å². The van der Waals surface area contributed by atoms with Crippen LogP contribution in [-0.2, 0) is 10.0 Å². The Kier molecular flexibility index (Phi) is 5.62. The van der Waals surface area contributed by atoms with Crippen LogP contribution in [0.25, 0.3) is 0 Å². The molecule has 0 bridgehead atoms. The Labute approximate surface area is 165 Å². The van der Waals surface area contributed by atoms with Crippen molar-refractivity contribution in [3.63, 3.8) is 0 Å². The van der Waals surface area contributed by atoms with Gasteiger partial charge in [0.05, 0.1) is 10.9 Å². The maximum atomic E-state index is 12.8. The van der Waals surface area contributed by atoms with Crippen LogP contribution >= 0.6 is 0 Å². The number of aryl methyl sites for hydroxylation is 1. The molecule has 0 aliphatic carbocycles. The van der Waals surface area contributed by atoms with Gasteiger partial charge in [0, 0.05) is 5.56 Å². The van der Waals surface area contributed by atoms with Crippen molar-refractivity contribution in [1.82, 2.24) is 10.0 Å². The van der Waals surface area contributed by atoms with Crippen LogP contribution in [0.3, 0.4) is 0 Å². The number of hydrogen-bond acceptors (Lipinski definition) is 5. The lowest BCUT2D eigenvalue weighted by Crippen LogP contribution is -2.28. The molecule has 7 nitrogen and oxygen atoms in total. The second kappa shape index (κ2) is 7.81. The first-order chi connectivity index (χ1) is 13.2. The van der Waals surface area contributed by atoms with Gasteiger partial charge in [-0.3, -0.25) is 4.79 Å². The molecule has 1 amide bonds. The number of nitrogens with one attached hydrogen (secondary N) is 2. The minimum Gasteiger partial charge on any atom is -0.486 e. The number of carbonyl (C=O) groups excluding carboxylic acids is 1. The van der Waals surface area contributed by atoms with Gasteiger partial charge in [0.1, 0.15) is 13.2 Å². The highest BCUT2D eigenvalue weighted by molar-refractivity contribution is 7.89. The summed E-state index contributed by atoms with van der Waals surface area (Å²) in [6.45, 7) is 6.37. The largest absolute Gasteiger partial charge is 0.486 e. The first-order valence-corrected chi connectivity index (χ1v) is 10.5. The fourth-order valence-corrected chi connectivity index (χ4v) is 4.11. The second-order valence-corrected chi connectivity index (χ2v) is 8.58. The fraction of sp³-hybridized carbons (Fsp3) is 0.350. The normalized spacial score (nSPS) is 14.4. The van der Waals surface area contributed by atoms with E-state index in [0.717, 1.165) is 11.1 Å². The Morgan fingerprint density at radius 2 is 1.75 bits per heavy atom. The molecule has 8 heteroatoms. The molecular weight excluding hydrogens is 380 g/mol. The SMILES string of the molecule is CNS(=O)(=O)c1cc(C(=O)NC(C)c2ccc3c(c2)OCCO3)cc(C)c1C. The molecule has 1 aliphatic rings. The van der Waals surface area contributed by atoms with E-state index >= 15 is 0 Å². The van der Waals surface area contributed by atoms with Gasteiger partial charge in [-0.05, 0) is 68.8 Å². The molecule has 1 atom stereocenters. The molecule has 28 heavy (non-hydrogen) atoms. The van der Waals surface area contributed by atoms with Crippen molar-refractivity contribution in [1.29, 1.82) is 0 Å². The number of amides is 1. The molecule has 0 spiro atoms. The topological polar surface area (TPSA) is 93.7 Å². The molecule has 3 rings (SSSR count). The molecule has 0 saturated heterocycles. The zero-order valence-corrected chi connectivity index (χ0v) is 17.1. The number of hydrogen-bond donors (Lipinski definition) is 2. The maximum Gasteiger partial charge on any atom is 0.251 e. The molecule has 0 saturated carbocycles. The summed E-state index contributed by atoms with van der Waals surface area (Å²) < 4.78 is 37.9. The molecule has 2 aromatic rings. The summed E-state index contributed by atoms with van der Waals surface area (Å²) in [4.78, 5) is 12.9. The van der Waals surface area contributed by atoms with Crippen molar-refractivity contribution in [3.8, 4) is 11.5 Å². The summed E-state index contributed by atoms with van der Waals surface area (Å²) in [5.41, 5.74) is 2.50. The van der Waals surface area contributed by atoms with E-state index in [1.54, 1.807) is 19.9 Å². The summed E-state index contributed by atoms with van der Waals surface area (Å²) in [5.74, 6) is 0.987. The van der Waals surface area contributed by atoms with Crippen LogP contribution in [0, 0.1) is 13.8 Å². The van der Waals surface area contributed by atoms with E-state index in [2.05, 4.69) is 10.0 Å². The van der Waals surface area contributed by atoms with Crippen LogP contribution in [0.1, 0.15) is 40.0 Å². The van der Waals surface area contributed by atoms with Crippen LogP contribution < -0.4 is 19.5 Å². The quantitative estimate of drug-likeness (QED) is 0.799. The average molecular weight is 404 g/mol. The van der Waals surface area contributed by atoms with Crippen molar-refractivity contribution in [3.05, 3.63) is 52.6 Å². The number of ether oxygens (including phenoxy) is 2. The monoisotopic (exact) mass is 404 g/mol. The lowest BCUT2D eigenvalue weighted by molar-refractivity contribution is 0.0939. The van der Waals surface area contributed by atoms with Crippen molar-refractivity contribution < 1.29 is 22.7 Å². The van der Waals surface area contributed by atoms with Gasteiger partial charge in [0.25, 0.3) is 5.91 Å². The van der Waals surface area contributed by atoms with E-state index in [9.17, 15) is 13.2 Å². The maximum absolute atomic E-state index is 12.8. The van der Waals surface area contributed by atoms with Crippen molar-refractivity contribution in [2.24, 2.45) is 0 Å². The summed E-state index contributed by atoms with van der Waals surface area (Å²) in [6.07, 6.45) is 0.